The van der Waals surface area contributed by atoms with Crippen molar-refractivity contribution in [2.24, 2.45) is 0 Å². The van der Waals surface area contributed by atoms with Gasteiger partial charge in [0.15, 0.2) is 0 Å². The van der Waals surface area contributed by atoms with Crippen LogP contribution in [0, 0.1) is 0 Å². The SMILES string of the molecule is CN1Cc2ccccc2CC1C(=O)N(Cc1ccc2[nH]ccc2c1)C1CC1. The molecule has 1 N–H and O–H groups in total. The van der Waals surface area contributed by atoms with Crippen LogP contribution in [0.25, 0.3) is 10.9 Å². The van der Waals surface area contributed by atoms with E-state index in [9.17, 15) is 4.79 Å². The second-order valence-corrected chi connectivity index (χ2v) is 8.00. The van der Waals surface area contributed by atoms with Gasteiger partial charge in [0.1, 0.15) is 0 Å². The van der Waals surface area contributed by atoms with Crippen LogP contribution in [0.1, 0.15) is 29.5 Å². The van der Waals surface area contributed by atoms with E-state index in [1.807, 2.05) is 6.20 Å². The highest BCUT2D eigenvalue weighted by Gasteiger charge is 2.38. The number of nitrogens with one attached hydrogen (secondary N) is 1. The van der Waals surface area contributed by atoms with Crippen LogP contribution < -0.4 is 0 Å². The second-order valence-electron chi connectivity index (χ2n) is 8.00. The molecule has 4 heteroatoms. The van der Waals surface area contributed by atoms with Crippen molar-refractivity contribution in [2.75, 3.05) is 7.05 Å². The molecule has 3 aromatic rings. The number of rotatable bonds is 4. The third kappa shape index (κ3) is 3.15. The van der Waals surface area contributed by atoms with Gasteiger partial charge in [-0.1, -0.05) is 30.3 Å². The predicted molar refractivity (Wildman–Crippen MR) is 107 cm³/mol. The van der Waals surface area contributed by atoms with Crippen LogP contribution in [0.5, 0.6) is 0 Å². The Bertz CT molecular complexity index is 988. The van der Waals surface area contributed by atoms with Crippen LogP contribution in [0.2, 0.25) is 0 Å². The molecule has 1 saturated carbocycles. The fraction of sp³-hybridized carbons (Fsp3) is 0.348. The number of benzene rings is 2. The first-order chi connectivity index (χ1) is 13.2. The fourth-order valence-electron chi connectivity index (χ4n) is 4.29. The molecule has 1 unspecified atom stereocenters. The summed E-state index contributed by atoms with van der Waals surface area (Å²) in [4.78, 5) is 21.1. The molecule has 138 valence electrons. The van der Waals surface area contributed by atoms with Crippen molar-refractivity contribution in [3.63, 3.8) is 0 Å². The number of hydrogen-bond acceptors (Lipinski definition) is 2. The Morgan fingerprint density at radius 3 is 2.78 bits per heavy atom. The molecule has 2 aliphatic rings. The monoisotopic (exact) mass is 359 g/mol. The number of amides is 1. The van der Waals surface area contributed by atoms with Crippen LogP contribution in [-0.2, 0) is 24.3 Å². The summed E-state index contributed by atoms with van der Waals surface area (Å²) in [7, 11) is 2.08. The number of nitrogens with zero attached hydrogens (tertiary/aromatic N) is 2. The zero-order chi connectivity index (χ0) is 18.4. The van der Waals surface area contributed by atoms with Gasteiger partial charge in [0, 0.05) is 30.8 Å². The van der Waals surface area contributed by atoms with E-state index in [1.54, 1.807) is 0 Å². The van der Waals surface area contributed by atoms with Gasteiger partial charge in [0.25, 0.3) is 0 Å². The largest absolute Gasteiger partial charge is 0.361 e. The number of fused-ring (bicyclic) bond motifs is 2. The van der Waals surface area contributed by atoms with Gasteiger partial charge in [-0.2, -0.15) is 0 Å². The third-order valence-electron chi connectivity index (χ3n) is 6.01. The van der Waals surface area contributed by atoms with E-state index in [4.69, 9.17) is 0 Å². The molecule has 1 amide bonds. The molecule has 1 aromatic heterocycles. The van der Waals surface area contributed by atoms with E-state index >= 15 is 0 Å². The Morgan fingerprint density at radius 2 is 1.96 bits per heavy atom. The van der Waals surface area contributed by atoms with Crippen LogP contribution >= 0.6 is 0 Å². The maximum Gasteiger partial charge on any atom is 0.240 e. The molecule has 0 radical (unpaired) electrons. The Hall–Kier alpha value is -2.59. The summed E-state index contributed by atoms with van der Waals surface area (Å²) >= 11 is 0. The topological polar surface area (TPSA) is 39.3 Å². The predicted octanol–water partition coefficient (Wildman–Crippen LogP) is 3.72. The van der Waals surface area contributed by atoms with Crippen molar-refractivity contribution < 1.29 is 4.79 Å². The number of aromatic nitrogens is 1. The third-order valence-corrected chi connectivity index (χ3v) is 6.01. The van der Waals surface area contributed by atoms with Crippen molar-refractivity contribution in [2.45, 2.75) is 44.4 Å². The normalized spacial score (nSPS) is 19.8. The number of carbonyl (C=O) groups excluding carboxylic acids is 1. The first-order valence-corrected chi connectivity index (χ1v) is 9.82. The molecule has 5 rings (SSSR count). The highest BCUT2D eigenvalue weighted by molar-refractivity contribution is 5.84. The summed E-state index contributed by atoms with van der Waals surface area (Å²) in [6.45, 7) is 1.55. The van der Waals surface area contributed by atoms with Crippen molar-refractivity contribution in [1.82, 2.24) is 14.8 Å². The highest BCUT2D eigenvalue weighted by atomic mass is 16.2. The Labute approximate surface area is 159 Å². The van der Waals surface area contributed by atoms with E-state index in [-0.39, 0.29) is 11.9 Å². The summed E-state index contributed by atoms with van der Waals surface area (Å²) in [5.41, 5.74) is 5.02. The Morgan fingerprint density at radius 1 is 1.15 bits per heavy atom. The summed E-state index contributed by atoms with van der Waals surface area (Å²) in [6.07, 6.45) is 5.04. The fourth-order valence-corrected chi connectivity index (χ4v) is 4.29. The van der Waals surface area contributed by atoms with E-state index < -0.39 is 0 Å². The lowest BCUT2D eigenvalue weighted by molar-refractivity contribution is -0.138. The van der Waals surface area contributed by atoms with Crippen LogP contribution in [0.3, 0.4) is 0 Å². The smallest absolute Gasteiger partial charge is 0.240 e. The number of likely N-dealkylation sites (N-methyl/N-ethyl adjacent to an activating group) is 1. The average Bonchev–Trinajstić information content (AvgIpc) is 3.42. The molecule has 0 bridgehead atoms. The first-order valence-electron chi connectivity index (χ1n) is 9.82. The minimum absolute atomic E-state index is 0.0588. The minimum atomic E-state index is -0.0588. The lowest BCUT2D eigenvalue weighted by Gasteiger charge is -2.36. The first kappa shape index (κ1) is 16.6. The molecule has 1 atom stereocenters. The van der Waals surface area contributed by atoms with Crippen molar-refractivity contribution in [3.8, 4) is 0 Å². The maximum atomic E-state index is 13.5. The molecule has 27 heavy (non-hydrogen) atoms. The van der Waals surface area contributed by atoms with Gasteiger partial charge in [-0.05, 0) is 66.6 Å². The van der Waals surface area contributed by atoms with Crippen LogP contribution in [0.4, 0.5) is 0 Å². The van der Waals surface area contributed by atoms with Crippen molar-refractivity contribution >= 4 is 16.8 Å². The molecular weight excluding hydrogens is 334 g/mol. The summed E-state index contributed by atoms with van der Waals surface area (Å²) in [5, 5.41) is 1.21. The number of aromatic amines is 1. The van der Waals surface area contributed by atoms with Crippen LogP contribution in [-0.4, -0.2) is 39.8 Å². The molecule has 2 heterocycles. The average molecular weight is 359 g/mol. The maximum absolute atomic E-state index is 13.5. The van der Waals surface area contributed by atoms with Crippen molar-refractivity contribution in [1.29, 1.82) is 0 Å². The van der Waals surface area contributed by atoms with Crippen LogP contribution in [0.15, 0.2) is 54.7 Å². The second kappa shape index (κ2) is 6.54. The molecule has 4 nitrogen and oxygen atoms in total. The number of carbonyl (C=O) groups is 1. The van der Waals surface area contributed by atoms with E-state index in [1.165, 1.54) is 22.1 Å². The standard InChI is InChI=1S/C23H25N3O/c1-25-15-19-5-3-2-4-17(19)13-22(25)23(27)26(20-7-8-20)14-16-6-9-21-18(12-16)10-11-24-21/h2-6,9-12,20,22,24H,7-8,13-15H2,1H3. The molecule has 0 spiro atoms. The summed E-state index contributed by atoms with van der Waals surface area (Å²) in [5.74, 6) is 0.281. The molecular formula is C23H25N3O. The quantitative estimate of drug-likeness (QED) is 0.771. The Balaban J connectivity index is 1.39. The lowest BCUT2D eigenvalue weighted by atomic mass is 9.93. The Kier molecular flexibility index (Phi) is 4.01. The van der Waals surface area contributed by atoms with Gasteiger partial charge in [-0.15, -0.1) is 0 Å². The van der Waals surface area contributed by atoms with E-state index in [0.717, 1.165) is 31.3 Å². The highest BCUT2D eigenvalue weighted by Crippen LogP contribution is 2.32. The van der Waals surface area contributed by atoms with Gasteiger partial charge in [-0.25, -0.2) is 0 Å². The molecule has 1 fully saturated rings. The minimum Gasteiger partial charge on any atom is -0.361 e. The van der Waals surface area contributed by atoms with Gasteiger partial charge in [-0.3, -0.25) is 9.69 Å². The summed E-state index contributed by atoms with van der Waals surface area (Å²) in [6, 6.07) is 17.4. The lowest BCUT2D eigenvalue weighted by Crippen LogP contribution is -2.50. The van der Waals surface area contributed by atoms with Gasteiger partial charge >= 0.3 is 0 Å². The van der Waals surface area contributed by atoms with Gasteiger partial charge < -0.3 is 9.88 Å². The van der Waals surface area contributed by atoms with Gasteiger partial charge in [0.2, 0.25) is 5.91 Å². The van der Waals surface area contributed by atoms with Crippen molar-refractivity contribution in [3.05, 3.63) is 71.4 Å². The summed E-state index contributed by atoms with van der Waals surface area (Å²) < 4.78 is 0. The zero-order valence-electron chi connectivity index (χ0n) is 15.7. The molecule has 1 aliphatic heterocycles. The van der Waals surface area contributed by atoms with E-state index in [2.05, 4.69) is 70.4 Å². The van der Waals surface area contributed by atoms with Gasteiger partial charge in [0.05, 0.1) is 6.04 Å². The molecule has 1 aliphatic carbocycles. The number of H-pyrrole nitrogens is 1. The number of hydrogen-bond donors (Lipinski definition) is 1. The molecule has 2 aromatic carbocycles. The van der Waals surface area contributed by atoms with E-state index in [0.29, 0.717) is 12.6 Å². The zero-order valence-corrected chi connectivity index (χ0v) is 15.7. The molecule has 0 saturated heterocycles.